The van der Waals surface area contributed by atoms with Crippen LogP contribution in [-0.2, 0) is 9.59 Å². The Morgan fingerprint density at radius 3 is 2.41 bits per heavy atom. The molecular formula is C16H12N2O3S. The van der Waals surface area contributed by atoms with Crippen molar-refractivity contribution in [2.45, 2.75) is 0 Å². The Bertz CT molecular complexity index is 820. The number of amides is 2. The van der Waals surface area contributed by atoms with Crippen LogP contribution in [0.4, 0.5) is 0 Å². The van der Waals surface area contributed by atoms with Crippen LogP contribution in [0.25, 0.3) is 16.8 Å². The molecule has 2 aromatic rings. The second-order valence-electron chi connectivity index (χ2n) is 4.70. The summed E-state index contributed by atoms with van der Waals surface area (Å²) in [5, 5.41) is 6.75. The second-order valence-corrected chi connectivity index (χ2v) is 5.11. The third-order valence-electron chi connectivity index (χ3n) is 3.36. The van der Waals surface area contributed by atoms with Crippen molar-refractivity contribution in [2.75, 3.05) is 7.11 Å². The van der Waals surface area contributed by atoms with Gasteiger partial charge in [0.15, 0.2) is 5.11 Å². The molecule has 110 valence electrons. The van der Waals surface area contributed by atoms with Crippen molar-refractivity contribution in [3.05, 3.63) is 47.5 Å². The number of benzene rings is 2. The Labute approximate surface area is 132 Å². The number of nitrogens with one attached hydrogen (secondary N) is 2. The highest BCUT2D eigenvalue weighted by Crippen LogP contribution is 2.31. The molecule has 22 heavy (non-hydrogen) atoms. The molecule has 1 heterocycles. The summed E-state index contributed by atoms with van der Waals surface area (Å²) in [7, 11) is 1.56. The van der Waals surface area contributed by atoms with Crippen molar-refractivity contribution in [3.8, 4) is 5.75 Å². The van der Waals surface area contributed by atoms with Gasteiger partial charge in [-0.25, -0.2) is 0 Å². The number of methoxy groups -OCH3 is 1. The number of rotatable bonds is 2. The smallest absolute Gasteiger partial charge is 0.263 e. The number of hydrogen-bond donors (Lipinski definition) is 2. The summed E-state index contributed by atoms with van der Waals surface area (Å²) in [5.74, 6) is -0.438. The predicted molar refractivity (Wildman–Crippen MR) is 87.4 cm³/mol. The van der Waals surface area contributed by atoms with Gasteiger partial charge in [-0.1, -0.05) is 36.4 Å². The summed E-state index contributed by atoms with van der Waals surface area (Å²) in [6, 6.07) is 11.4. The molecule has 1 saturated heterocycles. The number of thiocarbonyl (C=S) groups is 1. The van der Waals surface area contributed by atoms with Gasteiger partial charge < -0.3 is 4.74 Å². The van der Waals surface area contributed by atoms with Gasteiger partial charge in [0.1, 0.15) is 11.3 Å². The molecule has 1 aliphatic heterocycles. The fourth-order valence-electron chi connectivity index (χ4n) is 2.36. The largest absolute Gasteiger partial charge is 0.495 e. The molecule has 5 nitrogen and oxygen atoms in total. The predicted octanol–water partition coefficient (Wildman–Crippen LogP) is 1.76. The lowest BCUT2D eigenvalue weighted by atomic mass is 10.0. The van der Waals surface area contributed by atoms with Crippen molar-refractivity contribution in [1.29, 1.82) is 0 Å². The van der Waals surface area contributed by atoms with Crippen molar-refractivity contribution in [1.82, 2.24) is 10.6 Å². The molecule has 0 aliphatic carbocycles. The third kappa shape index (κ3) is 2.44. The Hall–Kier alpha value is -2.73. The first-order valence-corrected chi connectivity index (χ1v) is 6.95. The molecule has 0 radical (unpaired) electrons. The fraction of sp³-hybridized carbons (Fsp3) is 0.0625. The van der Waals surface area contributed by atoms with E-state index >= 15 is 0 Å². The van der Waals surface area contributed by atoms with E-state index in [-0.39, 0.29) is 10.7 Å². The quantitative estimate of drug-likeness (QED) is 0.504. The van der Waals surface area contributed by atoms with Crippen LogP contribution in [0.3, 0.4) is 0 Å². The number of ether oxygens (including phenoxy) is 1. The second kappa shape index (κ2) is 5.57. The molecule has 0 bridgehead atoms. The van der Waals surface area contributed by atoms with Crippen LogP contribution >= 0.6 is 12.2 Å². The molecule has 1 aliphatic rings. The first kappa shape index (κ1) is 14.2. The standard InChI is InChI=1S/C16H12N2O3S/c1-21-13-10(7-6-9-4-2-3-5-11(9)13)8-12-14(19)17-16(22)18-15(12)20/h2-8H,1H3,(H2,17,18,19,20,22). The Kier molecular flexibility index (Phi) is 3.60. The minimum atomic E-state index is -0.524. The van der Waals surface area contributed by atoms with E-state index in [1.165, 1.54) is 6.08 Å². The van der Waals surface area contributed by atoms with Crippen LogP contribution in [0, 0.1) is 0 Å². The van der Waals surface area contributed by atoms with E-state index in [0.717, 1.165) is 10.8 Å². The zero-order chi connectivity index (χ0) is 15.7. The van der Waals surface area contributed by atoms with Gasteiger partial charge in [0.05, 0.1) is 7.11 Å². The molecule has 2 N–H and O–H groups in total. The van der Waals surface area contributed by atoms with Gasteiger partial charge >= 0.3 is 0 Å². The van der Waals surface area contributed by atoms with Crippen LogP contribution < -0.4 is 15.4 Å². The van der Waals surface area contributed by atoms with Crippen molar-refractivity contribution in [3.63, 3.8) is 0 Å². The van der Waals surface area contributed by atoms with Crippen LogP contribution in [-0.4, -0.2) is 24.0 Å². The van der Waals surface area contributed by atoms with Gasteiger partial charge in [0, 0.05) is 10.9 Å². The highest BCUT2D eigenvalue weighted by atomic mass is 32.1. The van der Waals surface area contributed by atoms with Crippen LogP contribution in [0.1, 0.15) is 5.56 Å². The molecule has 1 fully saturated rings. The van der Waals surface area contributed by atoms with Gasteiger partial charge in [-0.05, 0) is 23.7 Å². The zero-order valence-electron chi connectivity index (χ0n) is 11.7. The number of fused-ring (bicyclic) bond motifs is 1. The fourth-order valence-corrected chi connectivity index (χ4v) is 2.55. The van der Waals surface area contributed by atoms with Crippen molar-refractivity contribution >= 4 is 46.0 Å². The zero-order valence-corrected chi connectivity index (χ0v) is 12.5. The SMILES string of the molecule is COc1c(C=C2C(=O)NC(=S)NC2=O)ccc2ccccc12. The van der Waals surface area contributed by atoms with Crippen molar-refractivity contribution in [2.24, 2.45) is 0 Å². The molecule has 2 aromatic carbocycles. The molecule has 0 atom stereocenters. The third-order valence-corrected chi connectivity index (χ3v) is 3.56. The topological polar surface area (TPSA) is 67.4 Å². The summed E-state index contributed by atoms with van der Waals surface area (Å²) in [4.78, 5) is 23.8. The summed E-state index contributed by atoms with van der Waals surface area (Å²) in [5.41, 5.74) is 0.636. The molecule has 3 rings (SSSR count). The van der Waals surface area contributed by atoms with Crippen LogP contribution in [0.2, 0.25) is 0 Å². The van der Waals surface area contributed by atoms with Gasteiger partial charge in [0.25, 0.3) is 11.8 Å². The molecule has 0 spiro atoms. The van der Waals surface area contributed by atoms with Crippen LogP contribution in [0.15, 0.2) is 42.0 Å². The normalized spacial score (nSPS) is 14.6. The summed E-state index contributed by atoms with van der Waals surface area (Å²) >= 11 is 4.77. The van der Waals surface area contributed by atoms with E-state index in [1.54, 1.807) is 7.11 Å². The molecule has 0 saturated carbocycles. The number of carbonyl (C=O) groups excluding carboxylic acids is 2. The number of carbonyl (C=O) groups is 2. The van der Waals surface area contributed by atoms with E-state index in [0.29, 0.717) is 11.3 Å². The summed E-state index contributed by atoms with van der Waals surface area (Å²) < 4.78 is 5.46. The molecule has 2 amide bonds. The molecule has 0 unspecified atom stereocenters. The molecule has 6 heteroatoms. The number of hydrogen-bond acceptors (Lipinski definition) is 4. The first-order valence-electron chi connectivity index (χ1n) is 6.54. The Morgan fingerprint density at radius 2 is 1.73 bits per heavy atom. The first-order chi connectivity index (χ1) is 10.6. The average molecular weight is 312 g/mol. The van der Waals surface area contributed by atoms with Gasteiger partial charge in [-0.2, -0.15) is 0 Å². The highest BCUT2D eigenvalue weighted by Gasteiger charge is 2.26. The van der Waals surface area contributed by atoms with Gasteiger partial charge in [-0.3, -0.25) is 20.2 Å². The highest BCUT2D eigenvalue weighted by molar-refractivity contribution is 7.80. The van der Waals surface area contributed by atoms with E-state index in [1.807, 2.05) is 36.4 Å². The lowest BCUT2D eigenvalue weighted by molar-refractivity contribution is -0.123. The Morgan fingerprint density at radius 1 is 1.05 bits per heavy atom. The minimum absolute atomic E-state index is 0.0117. The lowest BCUT2D eigenvalue weighted by Gasteiger charge is -2.17. The Balaban J connectivity index is 2.14. The molecular weight excluding hydrogens is 300 g/mol. The van der Waals surface area contributed by atoms with Crippen LogP contribution in [0.5, 0.6) is 5.75 Å². The van der Waals surface area contributed by atoms with Gasteiger partial charge in [0.2, 0.25) is 0 Å². The lowest BCUT2D eigenvalue weighted by Crippen LogP contribution is -2.51. The monoisotopic (exact) mass is 312 g/mol. The van der Waals surface area contributed by atoms with E-state index in [9.17, 15) is 9.59 Å². The maximum absolute atomic E-state index is 11.9. The van der Waals surface area contributed by atoms with E-state index in [2.05, 4.69) is 10.6 Å². The van der Waals surface area contributed by atoms with E-state index in [4.69, 9.17) is 17.0 Å². The molecule has 0 aromatic heterocycles. The summed E-state index contributed by atoms with van der Waals surface area (Å²) in [6.07, 6.45) is 1.50. The van der Waals surface area contributed by atoms with Gasteiger partial charge in [-0.15, -0.1) is 0 Å². The maximum Gasteiger partial charge on any atom is 0.263 e. The average Bonchev–Trinajstić information content (AvgIpc) is 2.50. The maximum atomic E-state index is 11.9. The minimum Gasteiger partial charge on any atom is -0.495 e. The van der Waals surface area contributed by atoms with E-state index < -0.39 is 11.8 Å². The summed E-state index contributed by atoms with van der Waals surface area (Å²) in [6.45, 7) is 0. The van der Waals surface area contributed by atoms with Crippen molar-refractivity contribution < 1.29 is 14.3 Å².